The molecule has 1 aromatic heterocycles. The Morgan fingerprint density at radius 2 is 1.81 bits per heavy atom. The molecule has 0 aliphatic carbocycles. The van der Waals surface area contributed by atoms with E-state index in [-0.39, 0.29) is 6.09 Å². The Morgan fingerprint density at radius 3 is 2.48 bits per heavy atom. The van der Waals surface area contributed by atoms with Gasteiger partial charge in [-0.2, -0.15) is 4.98 Å². The molecule has 2 aromatic rings. The van der Waals surface area contributed by atoms with Crippen molar-refractivity contribution < 1.29 is 9.53 Å². The quantitative estimate of drug-likeness (QED) is 0.730. The summed E-state index contributed by atoms with van der Waals surface area (Å²) in [7, 11) is 3.96. The zero-order valence-electron chi connectivity index (χ0n) is 18.8. The van der Waals surface area contributed by atoms with Gasteiger partial charge in [-0.05, 0) is 12.5 Å². The number of hydrogen-bond donors (Lipinski definition) is 0. The molecular weight excluding hydrogens is 392 g/mol. The summed E-state index contributed by atoms with van der Waals surface area (Å²) >= 11 is 0. The van der Waals surface area contributed by atoms with Gasteiger partial charge >= 0.3 is 6.09 Å². The first-order valence-electron chi connectivity index (χ1n) is 11.0. The average molecular weight is 425 g/mol. The van der Waals surface area contributed by atoms with E-state index in [1.54, 1.807) is 4.90 Å². The predicted octanol–water partition coefficient (Wildman–Crippen LogP) is 2.38. The molecule has 166 valence electrons. The number of nitrogens with zero attached hydrogens (tertiary/aromatic N) is 6. The lowest BCUT2D eigenvalue weighted by Crippen LogP contribution is -2.50. The Kier molecular flexibility index (Phi) is 6.56. The fourth-order valence-electron chi connectivity index (χ4n) is 4.19. The van der Waals surface area contributed by atoms with Crippen LogP contribution >= 0.6 is 0 Å². The Balaban J connectivity index is 1.55. The number of anilines is 2. The zero-order chi connectivity index (χ0) is 21.8. The van der Waals surface area contributed by atoms with E-state index >= 15 is 0 Å². The molecule has 1 saturated heterocycles. The maximum absolute atomic E-state index is 12.1. The number of piperazine rings is 1. The van der Waals surface area contributed by atoms with Gasteiger partial charge in [0, 0.05) is 71.9 Å². The molecule has 1 aromatic carbocycles. The van der Waals surface area contributed by atoms with Gasteiger partial charge in [0.2, 0.25) is 5.95 Å². The number of hydrogen-bond acceptors (Lipinski definition) is 7. The van der Waals surface area contributed by atoms with E-state index in [0.717, 1.165) is 56.6 Å². The number of rotatable bonds is 5. The van der Waals surface area contributed by atoms with Gasteiger partial charge in [-0.1, -0.05) is 30.3 Å². The lowest BCUT2D eigenvalue weighted by atomic mass is 10.0. The fourth-order valence-corrected chi connectivity index (χ4v) is 4.19. The van der Waals surface area contributed by atoms with Gasteiger partial charge in [0.1, 0.15) is 5.82 Å². The maximum atomic E-state index is 12.1. The smallest absolute Gasteiger partial charge is 0.409 e. The van der Waals surface area contributed by atoms with E-state index in [9.17, 15) is 4.79 Å². The van der Waals surface area contributed by atoms with Crippen LogP contribution in [0.1, 0.15) is 23.7 Å². The van der Waals surface area contributed by atoms with Crippen molar-refractivity contribution in [1.82, 2.24) is 19.8 Å². The molecule has 4 rings (SSSR count). The van der Waals surface area contributed by atoms with Crippen LogP contribution in [-0.2, 0) is 24.2 Å². The summed E-state index contributed by atoms with van der Waals surface area (Å²) in [6.07, 6.45) is 0.691. The van der Waals surface area contributed by atoms with Crippen molar-refractivity contribution >= 4 is 17.9 Å². The second kappa shape index (κ2) is 9.51. The Bertz CT molecular complexity index is 896. The predicted molar refractivity (Wildman–Crippen MR) is 121 cm³/mol. The highest BCUT2D eigenvalue weighted by Gasteiger charge is 2.29. The van der Waals surface area contributed by atoms with Gasteiger partial charge in [-0.3, -0.25) is 4.90 Å². The van der Waals surface area contributed by atoms with Crippen molar-refractivity contribution in [2.45, 2.75) is 26.4 Å². The minimum Gasteiger partial charge on any atom is -0.450 e. The van der Waals surface area contributed by atoms with Crippen LogP contribution in [0.25, 0.3) is 0 Å². The van der Waals surface area contributed by atoms with Gasteiger partial charge in [0.05, 0.1) is 12.3 Å². The molecule has 0 saturated carbocycles. The van der Waals surface area contributed by atoms with Crippen molar-refractivity contribution in [3.63, 3.8) is 0 Å². The minimum absolute atomic E-state index is 0.227. The summed E-state index contributed by atoms with van der Waals surface area (Å²) in [5.41, 5.74) is 3.68. The van der Waals surface area contributed by atoms with Gasteiger partial charge in [-0.25, -0.2) is 9.78 Å². The summed E-state index contributed by atoms with van der Waals surface area (Å²) in [6, 6.07) is 10.6. The van der Waals surface area contributed by atoms with Gasteiger partial charge in [-0.15, -0.1) is 0 Å². The van der Waals surface area contributed by atoms with E-state index in [1.807, 2.05) is 25.9 Å². The molecule has 0 N–H and O–H groups in total. The van der Waals surface area contributed by atoms with E-state index < -0.39 is 0 Å². The van der Waals surface area contributed by atoms with E-state index in [4.69, 9.17) is 14.7 Å². The van der Waals surface area contributed by atoms with Crippen molar-refractivity contribution in [2.75, 3.05) is 63.2 Å². The monoisotopic (exact) mass is 424 g/mol. The summed E-state index contributed by atoms with van der Waals surface area (Å²) in [4.78, 5) is 30.4. The molecule has 0 atom stereocenters. The maximum Gasteiger partial charge on any atom is 0.409 e. The second-order valence-corrected chi connectivity index (χ2v) is 8.29. The van der Waals surface area contributed by atoms with Crippen LogP contribution in [0.15, 0.2) is 30.3 Å². The Hall–Kier alpha value is -2.87. The van der Waals surface area contributed by atoms with Crippen LogP contribution in [0, 0.1) is 0 Å². The largest absolute Gasteiger partial charge is 0.450 e. The molecule has 0 bridgehead atoms. The van der Waals surface area contributed by atoms with Crippen LogP contribution in [0.3, 0.4) is 0 Å². The minimum atomic E-state index is -0.227. The molecule has 1 fully saturated rings. The third-order valence-corrected chi connectivity index (χ3v) is 5.86. The number of ether oxygens (including phenoxy) is 1. The number of benzene rings is 1. The SMILES string of the molecule is CCOC(=O)N1CCN(c2nc(N(C)C)nc3c2CN(Cc2ccccc2)CC3)CC1. The molecule has 1 amide bonds. The highest BCUT2D eigenvalue weighted by Crippen LogP contribution is 2.30. The molecule has 2 aliphatic rings. The standard InChI is InChI=1S/C23H32N6O2/c1-4-31-23(30)29-14-12-28(13-15-29)21-19-17-27(16-18-8-6-5-7-9-18)11-10-20(19)24-22(25-21)26(2)3/h5-9H,4,10-17H2,1-3H3. The first-order chi connectivity index (χ1) is 15.0. The molecule has 2 aliphatic heterocycles. The van der Waals surface area contributed by atoms with E-state index in [2.05, 4.69) is 40.1 Å². The second-order valence-electron chi connectivity index (χ2n) is 8.29. The first-order valence-corrected chi connectivity index (χ1v) is 11.0. The molecule has 0 radical (unpaired) electrons. The molecule has 8 nitrogen and oxygen atoms in total. The average Bonchev–Trinajstić information content (AvgIpc) is 2.79. The van der Waals surface area contributed by atoms with Crippen LogP contribution in [0.4, 0.5) is 16.6 Å². The number of carbonyl (C=O) groups excluding carboxylic acids is 1. The fraction of sp³-hybridized carbons (Fsp3) is 0.522. The normalized spacial score (nSPS) is 16.7. The zero-order valence-corrected chi connectivity index (χ0v) is 18.8. The highest BCUT2D eigenvalue weighted by molar-refractivity contribution is 5.68. The summed E-state index contributed by atoms with van der Waals surface area (Å²) in [5.74, 6) is 1.76. The summed E-state index contributed by atoms with van der Waals surface area (Å²) < 4.78 is 5.16. The van der Waals surface area contributed by atoms with Crippen LogP contribution in [0.5, 0.6) is 0 Å². The lowest BCUT2D eigenvalue weighted by Gasteiger charge is -2.38. The Morgan fingerprint density at radius 1 is 1.06 bits per heavy atom. The highest BCUT2D eigenvalue weighted by atomic mass is 16.6. The van der Waals surface area contributed by atoms with Gasteiger partial charge in [0.15, 0.2) is 0 Å². The third kappa shape index (κ3) is 4.90. The Labute approximate surface area is 184 Å². The van der Waals surface area contributed by atoms with Crippen LogP contribution in [0.2, 0.25) is 0 Å². The molecule has 0 unspecified atom stereocenters. The van der Waals surface area contributed by atoms with Crippen molar-refractivity contribution in [2.24, 2.45) is 0 Å². The molecule has 3 heterocycles. The number of amides is 1. The van der Waals surface area contributed by atoms with E-state index in [1.165, 1.54) is 11.1 Å². The summed E-state index contributed by atoms with van der Waals surface area (Å²) in [6.45, 7) is 7.76. The molecule has 8 heteroatoms. The van der Waals surface area contributed by atoms with Gasteiger partial charge < -0.3 is 19.4 Å². The lowest BCUT2D eigenvalue weighted by molar-refractivity contribution is 0.105. The number of carbonyl (C=O) groups is 1. The van der Waals surface area contributed by atoms with Crippen molar-refractivity contribution in [3.8, 4) is 0 Å². The first kappa shape index (κ1) is 21.4. The van der Waals surface area contributed by atoms with Gasteiger partial charge in [0.25, 0.3) is 0 Å². The molecule has 31 heavy (non-hydrogen) atoms. The van der Waals surface area contributed by atoms with E-state index in [0.29, 0.717) is 19.7 Å². The topological polar surface area (TPSA) is 65.0 Å². The number of fused-ring (bicyclic) bond motifs is 1. The third-order valence-electron chi connectivity index (χ3n) is 5.86. The summed E-state index contributed by atoms with van der Waals surface area (Å²) in [5, 5.41) is 0. The molecule has 0 spiro atoms. The van der Waals surface area contributed by atoms with Crippen LogP contribution in [-0.4, -0.2) is 79.3 Å². The van der Waals surface area contributed by atoms with Crippen LogP contribution < -0.4 is 9.80 Å². The number of aromatic nitrogens is 2. The molecular formula is C23H32N6O2. The van der Waals surface area contributed by atoms with Crippen molar-refractivity contribution in [3.05, 3.63) is 47.2 Å². The van der Waals surface area contributed by atoms with Crippen molar-refractivity contribution in [1.29, 1.82) is 0 Å².